The summed E-state index contributed by atoms with van der Waals surface area (Å²) >= 11 is 1.69. The van der Waals surface area contributed by atoms with Crippen LogP contribution in [0.15, 0.2) is 17.6 Å². The van der Waals surface area contributed by atoms with E-state index < -0.39 is 0 Å². The number of carbonyl (C=O) groups is 1. The Morgan fingerprint density at radius 3 is 2.16 bits per heavy atom. The topological polar surface area (TPSA) is 20.9 Å². The molecule has 0 aliphatic heterocycles. The summed E-state index contributed by atoms with van der Waals surface area (Å²) in [5, 5.41) is 0. The third-order valence-electron chi connectivity index (χ3n) is 3.57. The molecule has 0 radical (unpaired) electrons. The van der Waals surface area contributed by atoms with Gasteiger partial charge in [-0.05, 0) is 38.8 Å². The Morgan fingerprint density at radius 2 is 1.68 bits per heavy atom. The molecule has 2 aromatic rings. The number of ketones is 1. The minimum Gasteiger partial charge on any atom is -0.287 e. The lowest BCUT2D eigenvalue weighted by atomic mass is 9.96. The van der Waals surface area contributed by atoms with Crippen LogP contribution in [0.1, 0.15) is 37.6 Å². The molecule has 0 saturated carbocycles. The molecule has 0 aliphatic rings. The van der Waals surface area contributed by atoms with Gasteiger partial charge in [0.25, 0.3) is 0 Å². The number of carbonyl (C=O) groups excluding carboxylic acids is 1. The van der Waals surface area contributed by atoms with Gasteiger partial charge in [-0.3, -0.25) is 4.79 Å². The van der Waals surface area contributed by atoms with Crippen molar-refractivity contribution in [2.24, 2.45) is 0 Å². The number of benzene rings is 1. The summed E-state index contributed by atoms with van der Waals surface area (Å²) in [6.45, 7) is 10.7. The second-order valence-corrected chi connectivity index (χ2v) is 6.25. The quantitative estimate of drug-likeness (QED) is 0.620. The Hall–Kier alpha value is -1.48. The average molecular weight is 274 g/mol. The number of aryl methyl sites for hydroxylation is 4. The third-order valence-corrected chi connectivity index (χ3v) is 4.58. The number of hydrogen-bond acceptors (Lipinski definition) is 2. The van der Waals surface area contributed by atoms with Gasteiger partial charge in [-0.25, -0.2) is 0 Å². The molecule has 0 bridgehead atoms. The van der Waals surface area contributed by atoms with Crippen LogP contribution in [0.2, 0.25) is 0 Å². The summed E-state index contributed by atoms with van der Waals surface area (Å²) in [5.41, 5.74) is 7.45. The molecule has 0 amide bonds. The second-order valence-electron chi connectivity index (χ2n) is 5.19. The summed E-state index contributed by atoms with van der Waals surface area (Å²) in [6.07, 6.45) is 0. The van der Waals surface area contributed by atoms with Crippen molar-refractivity contribution in [2.45, 2.75) is 41.2 Å². The van der Waals surface area contributed by atoms with E-state index in [0.29, 0.717) is 6.54 Å². The zero-order valence-corrected chi connectivity index (χ0v) is 13.0. The Kier molecular flexibility index (Phi) is 3.85. The molecule has 0 spiro atoms. The first kappa shape index (κ1) is 13.9. The normalized spacial score (nSPS) is 10.8. The molecule has 0 fully saturated rings. The number of aromatic nitrogens is 1. The highest BCUT2D eigenvalue weighted by Gasteiger charge is 2.20. The molecule has 1 heterocycles. The molecule has 19 heavy (non-hydrogen) atoms. The van der Waals surface area contributed by atoms with Gasteiger partial charge in [0.1, 0.15) is 0 Å². The van der Waals surface area contributed by atoms with Gasteiger partial charge in [-0.15, -0.1) is 0 Å². The van der Waals surface area contributed by atoms with Gasteiger partial charge in [0.2, 0.25) is 17.8 Å². The first-order valence-electron chi connectivity index (χ1n) is 6.45. The fourth-order valence-electron chi connectivity index (χ4n) is 2.52. The van der Waals surface area contributed by atoms with Crippen LogP contribution in [0.25, 0.3) is 0 Å². The van der Waals surface area contributed by atoms with Gasteiger partial charge in [0.15, 0.2) is 5.69 Å². The van der Waals surface area contributed by atoms with Gasteiger partial charge in [0, 0.05) is 12.5 Å². The van der Waals surface area contributed by atoms with Crippen LogP contribution in [0, 0.1) is 34.6 Å². The maximum absolute atomic E-state index is 12.5. The van der Waals surface area contributed by atoms with E-state index in [4.69, 9.17) is 0 Å². The lowest BCUT2D eigenvalue weighted by Gasteiger charge is -2.08. The molecule has 1 aromatic carbocycles. The number of hydrogen-bond donors (Lipinski definition) is 0. The van der Waals surface area contributed by atoms with Crippen LogP contribution in [-0.4, -0.2) is 5.78 Å². The molecule has 3 heteroatoms. The van der Waals surface area contributed by atoms with Crippen LogP contribution in [-0.2, 0) is 6.54 Å². The summed E-state index contributed by atoms with van der Waals surface area (Å²) < 4.78 is 2.04. The fraction of sp³-hybridized carbons (Fsp3) is 0.375. The van der Waals surface area contributed by atoms with Crippen LogP contribution in [0.5, 0.6) is 0 Å². The lowest BCUT2D eigenvalue weighted by Crippen LogP contribution is -2.39. The predicted octanol–water partition coefficient (Wildman–Crippen LogP) is 3.46. The minimum atomic E-state index is 0.195. The SMILES string of the molecule is Cc1cc(C)c(C(=O)C[n+]2csc(C)c2C)c(C)c1. The van der Waals surface area contributed by atoms with E-state index in [-0.39, 0.29) is 5.78 Å². The molecule has 0 unspecified atom stereocenters. The summed E-state index contributed by atoms with van der Waals surface area (Å²) in [6, 6.07) is 4.16. The van der Waals surface area contributed by atoms with E-state index >= 15 is 0 Å². The first-order valence-corrected chi connectivity index (χ1v) is 7.33. The fourth-order valence-corrected chi connectivity index (χ4v) is 3.32. The molecule has 0 saturated heterocycles. The standard InChI is InChI=1S/C16H20NOS/c1-10-6-11(2)16(12(3)7-10)15(18)8-17-9-19-14(5)13(17)4/h6-7,9H,8H2,1-5H3/q+1. The summed E-state index contributed by atoms with van der Waals surface area (Å²) in [5.74, 6) is 0.195. The predicted molar refractivity (Wildman–Crippen MR) is 79.0 cm³/mol. The van der Waals surface area contributed by atoms with Gasteiger partial charge >= 0.3 is 0 Å². The monoisotopic (exact) mass is 274 g/mol. The second kappa shape index (κ2) is 5.25. The Bertz CT molecular complexity index is 617. The Labute approximate surface area is 118 Å². The van der Waals surface area contributed by atoms with E-state index in [1.54, 1.807) is 11.3 Å². The van der Waals surface area contributed by atoms with Crippen LogP contribution < -0.4 is 4.57 Å². The minimum absolute atomic E-state index is 0.195. The van der Waals surface area contributed by atoms with Crippen molar-refractivity contribution in [1.29, 1.82) is 0 Å². The Balaban J connectivity index is 2.33. The lowest BCUT2D eigenvalue weighted by molar-refractivity contribution is -0.684. The molecule has 2 nitrogen and oxygen atoms in total. The molecule has 0 aliphatic carbocycles. The molecule has 2 rings (SSSR count). The van der Waals surface area contributed by atoms with Crippen molar-refractivity contribution in [3.05, 3.63) is 50.5 Å². The highest BCUT2D eigenvalue weighted by atomic mass is 32.1. The summed E-state index contributed by atoms with van der Waals surface area (Å²) in [7, 11) is 0. The van der Waals surface area contributed by atoms with E-state index in [9.17, 15) is 4.79 Å². The van der Waals surface area contributed by atoms with E-state index in [1.807, 2.05) is 23.9 Å². The van der Waals surface area contributed by atoms with Crippen molar-refractivity contribution in [3.63, 3.8) is 0 Å². The number of rotatable bonds is 3. The van der Waals surface area contributed by atoms with Gasteiger partial charge in [-0.2, -0.15) is 4.57 Å². The summed E-state index contributed by atoms with van der Waals surface area (Å²) in [4.78, 5) is 13.8. The van der Waals surface area contributed by atoms with Crippen LogP contribution in [0.3, 0.4) is 0 Å². The van der Waals surface area contributed by atoms with Crippen molar-refractivity contribution >= 4 is 17.1 Å². The number of Topliss-reactive ketones (excluding diaryl/α,β-unsaturated/α-hetero) is 1. The van der Waals surface area contributed by atoms with Gasteiger partial charge in [-0.1, -0.05) is 29.0 Å². The van der Waals surface area contributed by atoms with Crippen LogP contribution >= 0.6 is 11.3 Å². The van der Waals surface area contributed by atoms with Crippen molar-refractivity contribution in [3.8, 4) is 0 Å². The molecule has 100 valence electrons. The molecule has 1 aromatic heterocycles. The number of nitrogens with zero attached hydrogens (tertiary/aromatic N) is 1. The first-order chi connectivity index (χ1) is 8.90. The number of thiazole rings is 1. The van der Waals surface area contributed by atoms with Gasteiger partial charge in [0.05, 0.1) is 4.88 Å². The van der Waals surface area contributed by atoms with Crippen molar-refractivity contribution in [2.75, 3.05) is 0 Å². The largest absolute Gasteiger partial charge is 0.287 e. The van der Waals surface area contributed by atoms with E-state index in [1.165, 1.54) is 16.1 Å². The maximum atomic E-state index is 12.5. The Morgan fingerprint density at radius 1 is 1.11 bits per heavy atom. The van der Waals surface area contributed by atoms with Crippen LogP contribution in [0.4, 0.5) is 0 Å². The smallest absolute Gasteiger partial charge is 0.228 e. The van der Waals surface area contributed by atoms with Gasteiger partial charge < -0.3 is 0 Å². The average Bonchev–Trinajstić information content (AvgIpc) is 2.59. The maximum Gasteiger partial charge on any atom is 0.228 e. The molecular formula is C16H20NOS+. The highest BCUT2D eigenvalue weighted by molar-refractivity contribution is 7.09. The molecular weight excluding hydrogens is 254 g/mol. The highest BCUT2D eigenvalue weighted by Crippen LogP contribution is 2.17. The van der Waals surface area contributed by atoms with Crippen molar-refractivity contribution < 1.29 is 9.36 Å². The van der Waals surface area contributed by atoms with E-state index in [2.05, 4.69) is 32.9 Å². The zero-order chi connectivity index (χ0) is 14.2. The third kappa shape index (κ3) is 2.76. The zero-order valence-electron chi connectivity index (χ0n) is 12.2. The molecule has 0 N–H and O–H groups in total. The van der Waals surface area contributed by atoms with E-state index in [0.717, 1.165) is 16.7 Å². The molecule has 0 atom stereocenters. The van der Waals surface area contributed by atoms with Crippen molar-refractivity contribution in [1.82, 2.24) is 0 Å².